The molecule has 0 radical (unpaired) electrons. The maximum absolute atomic E-state index is 5.74. The van der Waals surface area contributed by atoms with E-state index in [1.54, 1.807) is 12.3 Å². The van der Waals surface area contributed by atoms with Crippen molar-refractivity contribution in [1.82, 2.24) is 14.9 Å². The Morgan fingerprint density at radius 3 is 2.68 bits per heavy atom. The highest BCUT2D eigenvalue weighted by molar-refractivity contribution is 5.37. The van der Waals surface area contributed by atoms with E-state index in [0.29, 0.717) is 5.82 Å². The lowest BCUT2D eigenvalue weighted by molar-refractivity contribution is 0.213. The van der Waals surface area contributed by atoms with Crippen molar-refractivity contribution in [3.05, 3.63) is 12.3 Å². The lowest BCUT2D eigenvalue weighted by Gasteiger charge is -2.27. The van der Waals surface area contributed by atoms with Crippen LogP contribution in [-0.2, 0) is 0 Å². The Bertz CT molecular complexity index is 416. The first-order chi connectivity index (χ1) is 9.33. The summed E-state index contributed by atoms with van der Waals surface area (Å²) < 4.78 is 0. The van der Waals surface area contributed by atoms with Gasteiger partial charge in [0.05, 0.1) is 0 Å². The average Bonchev–Trinajstić information content (AvgIpc) is 2.83. The first-order valence-corrected chi connectivity index (χ1v) is 7.40. The standard InChI is InChI=1S/C14H23N5/c15-13-6-7-16-14(17-13)19-9-3-8-18(10-11-19)12-4-1-2-5-12/h6-7,12H,1-5,8-11H2,(H2,15,16,17). The largest absolute Gasteiger partial charge is 0.384 e. The lowest BCUT2D eigenvalue weighted by atomic mass is 10.2. The summed E-state index contributed by atoms with van der Waals surface area (Å²) in [6.45, 7) is 4.39. The van der Waals surface area contributed by atoms with Crippen LogP contribution in [-0.4, -0.2) is 47.1 Å². The molecule has 1 aromatic rings. The van der Waals surface area contributed by atoms with Crippen LogP contribution in [0.4, 0.5) is 11.8 Å². The third kappa shape index (κ3) is 2.97. The van der Waals surface area contributed by atoms with Gasteiger partial charge >= 0.3 is 0 Å². The molecule has 3 rings (SSSR count). The fourth-order valence-corrected chi connectivity index (χ4v) is 3.29. The predicted molar refractivity (Wildman–Crippen MR) is 77.1 cm³/mol. The van der Waals surface area contributed by atoms with Crippen LogP contribution in [0.5, 0.6) is 0 Å². The van der Waals surface area contributed by atoms with Gasteiger partial charge in [-0.2, -0.15) is 4.98 Å². The van der Waals surface area contributed by atoms with Crippen molar-refractivity contribution in [2.45, 2.75) is 38.1 Å². The summed E-state index contributed by atoms with van der Waals surface area (Å²) in [5, 5.41) is 0. The molecule has 2 fully saturated rings. The second-order valence-electron chi connectivity index (χ2n) is 5.60. The monoisotopic (exact) mass is 261 g/mol. The molecule has 104 valence electrons. The number of hydrogen-bond donors (Lipinski definition) is 1. The first-order valence-electron chi connectivity index (χ1n) is 7.40. The van der Waals surface area contributed by atoms with Gasteiger partial charge in [-0.15, -0.1) is 0 Å². The molecule has 2 heterocycles. The Balaban J connectivity index is 1.63. The highest BCUT2D eigenvalue weighted by atomic mass is 15.3. The zero-order chi connectivity index (χ0) is 13.1. The van der Waals surface area contributed by atoms with Gasteiger partial charge in [0.1, 0.15) is 5.82 Å². The first kappa shape index (κ1) is 12.7. The van der Waals surface area contributed by atoms with Crippen molar-refractivity contribution in [2.75, 3.05) is 36.8 Å². The number of aromatic nitrogens is 2. The van der Waals surface area contributed by atoms with Gasteiger partial charge in [0.25, 0.3) is 0 Å². The Morgan fingerprint density at radius 2 is 1.89 bits per heavy atom. The summed E-state index contributed by atoms with van der Waals surface area (Å²) in [5.74, 6) is 1.34. The molecule has 0 amide bonds. The van der Waals surface area contributed by atoms with Crippen LogP contribution in [0.15, 0.2) is 12.3 Å². The molecule has 1 aliphatic carbocycles. The zero-order valence-corrected chi connectivity index (χ0v) is 11.5. The van der Waals surface area contributed by atoms with Crippen LogP contribution < -0.4 is 10.6 Å². The Morgan fingerprint density at radius 1 is 1.05 bits per heavy atom. The van der Waals surface area contributed by atoms with E-state index in [4.69, 9.17) is 5.73 Å². The molecule has 2 aliphatic rings. The molecule has 19 heavy (non-hydrogen) atoms. The van der Waals surface area contributed by atoms with Crippen LogP contribution in [0.2, 0.25) is 0 Å². The number of anilines is 2. The SMILES string of the molecule is Nc1ccnc(N2CCCN(C3CCCC3)CC2)n1. The van der Waals surface area contributed by atoms with Crippen LogP contribution in [0.1, 0.15) is 32.1 Å². The minimum absolute atomic E-state index is 0.557. The minimum Gasteiger partial charge on any atom is -0.384 e. The van der Waals surface area contributed by atoms with Gasteiger partial charge in [0, 0.05) is 38.4 Å². The molecule has 0 aromatic carbocycles. The summed E-state index contributed by atoms with van der Waals surface area (Å²) in [5.41, 5.74) is 5.74. The maximum atomic E-state index is 5.74. The van der Waals surface area contributed by atoms with E-state index in [-0.39, 0.29) is 0 Å². The molecule has 1 saturated carbocycles. The highest BCUT2D eigenvalue weighted by Crippen LogP contribution is 2.24. The second-order valence-corrected chi connectivity index (χ2v) is 5.60. The van der Waals surface area contributed by atoms with E-state index in [0.717, 1.165) is 31.6 Å². The van der Waals surface area contributed by atoms with Gasteiger partial charge < -0.3 is 10.6 Å². The fourth-order valence-electron chi connectivity index (χ4n) is 3.29. The van der Waals surface area contributed by atoms with Gasteiger partial charge in [-0.05, 0) is 25.3 Å². The molecule has 2 N–H and O–H groups in total. The summed E-state index contributed by atoms with van der Waals surface area (Å²) in [6, 6.07) is 2.56. The van der Waals surface area contributed by atoms with Gasteiger partial charge in [0.15, 0.2) is 0 Å². The van der Waals surface area contributed by atoms with E-state index in [9.17, 15) is 0 Å². The Hall–Kier alpha value is -1.36. The number of hydrogen-bond acceptors (Lipinski definition) is 5. The lowest BCUT2D eigenvalue weighted by Crippen LogP contribution is -2.37. The van der Waals surface area contributed by atoms with Crippen LogP contribution in [0.25, 0.3) is 0 Å². The summed E-state index contributed by atoms with van der Waals surface area (Å²) in [4.78, 5) is 13.6. The molecule has 1 aliphatic heterocycles. The smallest absolute Gasteiger partial charge is 0.227 e. The third-order valence-electron chi connectivity index (χ3n) is 4.32. The summed E-state index contributed by atoms with van der Waals surface area (Å²) in [6.07, 6.45) is 8.52. The summed E-state index contributed by atoms with van der Waals surface area (Å²) >= 11 is 0. The molecule has 1 saturated heterocycles. The Kier molecular flexibility index (Phi) is 3.82. The van der Waals surface area contributed by atoms with E-state index < -0.39 is 0 Å². The molecule has 5 heteroatoms. The van der Waals surface area contributed by atoms with E-state index in [1.807, 2.05) is 0 Å². The molecular formula is C14H23N5. The van der Waals surface area contributed by atoms with Gasteiger partial charge in [-0.25, -0.2) is 4.98 Å². The molecule has 0 atom stereocenters. The minimum atomic E-state index is 0.557. The topological polar surface area (TPSA) is 58.3 Å². The molecule has 0 unspecified atom stereocenters. The molecule has 0 bridgehead atoms. The number of nitrogen functional groups attached to an aromatic ring is 1. The quantitative estimate of drug-likeness (QED) is 0.874. The van der Waals surface area contributed by atoms with Crippen molar-refractivity contribution in [1.29, 1.82) is 0 Å². The van der Waals surface area contributed by atoms with Crippen molar-refractivity contribution in [3.63, 3.8) is 0 Å². The highest BCUT2D eigenvalue weighted by Gasteiger charge is 2.25. The number of rotatable bonds is 2. The average molecular weight is 261 g/mol. The molecular weight excluding hydrogens is 238 g/mol. The third-order valence-corrected chi connectivity index (χ3v) is 4.32. The molecule has 0 spiro atoms. The van der Waals surface area contributed by atoms with E-state index in [1.165, 1.54) is 38.6 Å². The van der Waals surface area contributed by atoms with Crippen molar-refractivity contribution >= 4 is 11.8 Å². The zero-order valence-electron chi connectivity index (χ0n) is 11.5. The van der Waals surface area contributed by atoms with E-state index in [2.05, 4.69) is 19.8 Å². The number of nitrogens with zero attached hydrogens (tertiary/aromatic N) is 4. The van der Waals surface area contributed by atoms with Crippen LogP contribution >= 0.6 is 0 Å². The van der Waals surface area contributed by atoms with Crippen LogP contribution in [0, 0.1) is 0 Å². The second kappa shape index (κ2) is 5.74. The van der Waals surface area contributed by atoms with Crippen molar-refractivity contribution in [3.8, 4) is 0 Å². The fraction of sp³-hybridized carbons (Fsp3) is 0.714. The maximum Gasteiger partial charge on any atom is 0.227 e. The van der Waals surface area contributed by atoms with Crippen LogP contribution in [0.3, 0.4) is 0 Å². The predicted octanol–water partition coefficient (Wildman–Crippen LogP) is 1.51. The normalized spacial score (nSPS) is 22.6. The Labute approximate surface area is 114 Å². The van der Waals surface area contributed by atoms with Crippen molar-refractivity contribution < 1.29 is 0 Å². The van der Waals surface area contributed by atoms with Gasteiger partial charge in [0.2, 0.25) is 5.95 Å². The summed E-state index contributed by atoms with van der Waals surface area (Å²) in [7, 11) is 0. The van der Waals surface area contributed by atoms with Crippen molar-refractivity contribution in [2.24, 2.45) is 0 Å². The number of nitrogens with two attached hydrogens (primary N) is 1. The molecule has 1 aromatic heterocycles. The molecule has 5 nitrogen and oxygen atoms in total. The van der Waals surface area contributed by atoms with Gasteiger partial charge in [-0.3, -0.25) is 4.90 Å². The van der Waals surface area contributed by atoms with E-state index >= 15 is 0 Å². The van der Waals surface area contributed by atoms with Gasteiger partial charge in [-0.1, -0.05) is 12.8 Å².